The first-order chi connectivity index (χ1) is 26.9. The van der Waals surface area contributed by atoms with E-state index in [4.69, 9.17) is 19.4 Å². The molecule has 2 saturated carbocycles. The summed E-state index contributed by atoms with van der Waals surface area (Å²) in [5, 5.41) is 10.1. The number of carbonyl (C=O) groups excluding carboxylic acids is 5. The Hall–Kier alpha value is -5.63. The molecule has 3 heterocycles. The number of para-hydroxylation sites is 2. The number of nitrogens with one attached hydrogen (secondary N) is 3. The smallest absolute Gasteiger partial charge is 0.408 e. The molecular weight excluding hydrogens is 733 g/mol. The lowest BCUT2D eigenvalue weighted by molar-refractivity contribution is -0.143. The fourth-order valence-corrected chi connectivity index (χ4v) is 8.22. The molecule has 13 nitrogen and oxygen atoms in total. The van der Waals surface area contributed by atoms with E-state index in [-0.39, 0.29) is 36.9 Å². The van der Waals surface area contributed by atoms with Crippen LogP contribution in [0.15, 0.2) is 84.8 Å². The van der Waals surface area contributed by atoms with Crippen molar-refractivity contribution >= 4 is 52.1 Å². The second kappa shape index (κ2) is 15.8. The number of fused-ring (bicyclic) bond motifs is 1. The molecule has 5 atom stereocenters. The summed E-state index contributed by atoms with van der Waals surface area (Å²) < 4.78 is 12.3. The second-order valence-corrected chi connectivity index (χ2v) is 16.7. The van der Waals surface area contributed by atoms with Crippen LogP contribution < -0.4 is 20.7 Å². The molecule has 0 spiro atoms. The van der Waals surface area contributed by atoms with Gasteiger partial charge in [-0.3, -0.25) is 24.5 Å². The highest BCUT2D eigenvalue weighted by atomic mass is 32.1. The summed E-state index contributed by atoms with van der Waals surface area (Å²) in [6, 6.07) is 17.4. The zero-order chi connectivity index (χ0) is 39.6. The highest BCUT2D eigenvalue weighted by Crippen LogP contribution is 2.45. The van der Waals surface area contributed by atoms with Crippen LogP contribution in [0.4, 0.5) is 4.79 Å². The lowest BCUT2D eigenvalue weighted by Gasteiger charge is -2.35. The van der Waals surface area contributed by atoms with Crippen molar-refractivity contribution in [3.05, 3.63) is 90.3 Å². The first-order valence-corrected chi connectivity index (χ1v) is 19.8. The van der Waals surface area contributed by atoms with E-state index in [0.717, 1.165) is 30.6 Å². The van der Waals surface area contributed by atoms with Gasteiger partial charge in [0.25, 0.3) is 11.8 Å². The fourth-order valence-electron chi connectivity index (χ4n) is 7.51. The minimum atomic E-state index is -1.46. The normalized spacial score (nSPS) is 22.6. The molecule has 1 aliphatic heterocycles. The Kier molecular flexibility index (Phi) is 10.9. The number of thiophene rings is 1. The van der Waals surface area contributed by atoms with Crippen LogP contribution in [0.25, 0.3) is 21.6 Å². The maximum atomic E-state index is 14.7. The van der Waals surface area contributed by atoms with E-state index in [1.807, 2.05) is 62.5 Å². The molecule has 4 aromatic rings. The molecule has 2 aromatic carbocycles. The number of carbonyl (C=O) groups is 5. The van der Waals surface area contributed by atoms with Gasteiger partial charge in [0.05, 0.1) is 22.5 Å². The van der Waals surface area contributed by atoms with E-state index in [2.05, 4.69) is 22.5 Å². The van der Waals surface area contributed by atoms with Crippen LogP contribution in [0.1, 0.15) is 69.7 Å². The molecule has 2 aromatic heterocycles. The number of nitrogens with zero attached hydrogens (tertiary/aromatic N) is 3. The maximum absolute atomic E-state index is 14.7. The number of aromatic nitrogens is 2. The molecule has 292 valence electrons. The summed E-state index contributed by atoms with van der Waals surface area (Å²) in [6.07, 6.45) is 3.63. The number of ether oxygens (including phenoxy) is 2. The summed E-state index contributed by atoms with van der Waals surface area (Å²) in [7, 11) is 0. The van der Waals surface area contributed by atoms with Gasteiger partial charge >= 0.3 is 6.09 Å². The number of hydrogen-bond donors (Lipinski definition) is 3. The molecule has 2 aliphatic carbocycles. The SMILES string of the molecule is C=CC1C[C@]1(NC(=O)[C@@H]1C[C@@H](Oc2nc3ccccc3nc2-c2cccs2)CN1C(=O)[C@H](NC(=O)OC1CCCC1)C(C)(C)C)C(=O)NC(=O)c1ccccc1. The van der Waals surface area contributed by atoms with E-state index >= 15 is 0 Å². The van der Waals surface area contributed by atoms with Gasteiger partial charge in [-0.15, -0.1) is 17.9 Å². The Labute approximate surface area is 329 Å². The van der Waals surface area contributed by atoms with Gasteiger partial charge in [-0.1, -0.05) is 63.2 Å². The largest absolute Gasteiger partial charge is 0.471 e. The van der Waals surface area contributed by atoms with Crippen molar-refractivity contribution in [3.8, 4) is 16.5 Å². The maximum Gasteiger partial charge on any atom is 0.408 e. The van der Waals surface area contributed by atoms with Crippen molar-refractivity contribution in [2.24, 2.45) is 11.3 Å². The summed E-state index contributed by atoms with van der Waals surface area (Å²) in [6.45, 7) is 9.29. The number of rotatable bonds is 11. The van der Waals surface area contributed by atoms with Gasteiger partial charge in [-0.25, -0.2) is 14.8 Å². The van der Waals surface area contributed by atoms with Crippen molar-refractivity contribution < 1.29 is 33.4 Å². The molecule has 1 saturated heterocycles. The summed E-state index contributed by atoms with van der Waals surface area (Å²) in [5.41, 5.74) is -0.133. The number of imide groups is 1. The predicted molar refractivity (Wildman–Crippen MR) is 211 cm³/mol. The molecule has 0 bridgehead atoms. The molecule has 14 heteroatoms. The molecule has 3 aliphatic rings. The first-order valence-electron chi connectivity index (χ1n) is 19.0. The van der Waals surface area contributed by atoms with Crippen LogP contribution in [-0.2, 0) is 19.1 Å². The quantitative estimate of drug-likeness (QED) is 0.126. The molecule has 56 heavy (non-hydrogen) atoms. The Bertz CT molecular complexity index is 2130. The molecule has 5 amide bonds. The summed E-state index contributed by atoms with van der Waals surface area (Å²) >= 11 is 1.48. The number of likely N-dealkylation sites (tertiary alicyclic amines) is 1. The van der Waals surface area contributed by atoms with Gasteiger partial charge < -0.3 is 25.0 Å². The van der Waals surface area contributed by atoms with Crippen LogP contribution in [0.2, 0.25) is 0 Å². The molecule has 7 rings (SSSR count). The van der Waals surface area contributed by atoms with Gasteiger partial charge in [0.15, 0.2) is 0 Å². The highest BCUT2D eigenvalue weighted by Gasteiger charge is 2.61. The number of hydrogen-bond acceptors (Lipinski definition) is 10. The highest BCUT2D eigenvalue weighted by molar-refractivity contribution is 7.13. The minimum absolute atomic E-state index is 0.0299. The van der Waals surface area contributed by atoms with Crippen molar-refractivity contribution in [1.82, 2.24) is 30.8 Å². The minimum Gasteiger partial charge on any atom is -0.471 e. The topological polar surface area (TPSA) is 169 Å². The lowest BCUT2D eigenvalue weighted by atomic mass is 9.85. The van der Waals surface area contributed by atoms with Crippen molar-refractivity contribution in [3.63, 3.8) is 0 Å². The monoisotopic (exact) mass is 778 g/mol. The molecular formula is C42H46N6O7S. The number of alkyl carbamates (subject to hydrolysis) is 1. The van der Waals surface area contributed by atoms with Gasteiger partial charge in [-0.05, 0) is 73.2 Å². The second-order valence-electron chi connectivity index (χ2n) is 15.7. The Morgan fingerprint density at radius 3 is 2.29 bits per heavy atom. The van der Waals surface area contributed by atoms with Crippen LogP contribution >= 0.6 is 11.3 Å². The standard InChI is InChI=1S/C42H46N6O7S/c1-5-26-23-42(26,39(52)46-35(49)25-14-7-6-8-15-25)47-36(50)31-22-28(54-37-33(32-20-13-21-56-32)43-29-18-11-12-19-30(29)44-37)24-48(31)38(51)34(41(2,3)4)45-40(53)55-27-16-9-10-17-27/h5-8,11-15,18-21,26-28,31,34H,1,9-10,16-17,22-24H2,2-4H3,(H,45,53)(H,47,50)(H,46,49,52)/t26?,28-,31+,34+,42-/m1/s1. The fraction of sp³-hybridized carbons (Fsp3) is 0.405. The van der Waals surface area contributed by atoms with Crippen molar-refractivity contribution in [1.29, 1.82) is 0 Å². The Balaban J connectivity index is 1.18. The lowest BCUT2D eigenvalue weighted by Crippen LogP contribution is -2.60. The molecule has 1 unspecified atom stereocenters. The van der Waals surface area contributed by atoms with Crippen LogP contribution in [0.5, 0.6) is 5.88 Å². The first kappa shape index (κ1) is 38.6. The predicted octanol–water partition coefficient (Wildman–Crippen LogP) is 5.81. The molecule has 0 radical (unpaired) electrons. The average molecular weight is 779 g/mol. The van der Waals surface area contributed by atoms with Crippen molar-refractivity contribution in [2.75, 3.05) is 6.54 Å². The van der Waals surface area contributed by atoms with E-state index < -0.39 is 64.8 Å². The van der Waals surface area contributed by atoms with Gasteiger partial charge in [0, 0.05) is 17.9 Å². The zero-order valence-electron chi connectivity index (χ0n) is 31.7. The molecule has 3 N–H and O–H groups in total. The number of amides is 5. The van der Waals surface area contributed by atoms with Gasteiger partial charge in [-0.2, -0.15) is 0 Å². The molecule has 3 fully saturated rings. The average Bonchev–Trinajstić information content (AvgIpc) is 3.66. The third-order valence-corrected chi connectivity index (χ3v) is 11.6. The van der Waals surface area contributed by atoms with Crippen LogP contribution in [0, 0.1) is 11.3 Å². The Morgan fingerprint density at radius 1 is 0.946 bits per heavy atom. The van der Waals surface area contributed by atoms with E-state index in [1.54, 1.807) is 36.4 Å². The summed E-state index contributed by atoms with van der Waals surface area (Å²) in [5.74, 6) is -2.61. The summed E-state index contributed by atoms with van der Waals surface area (Å²) in [4.78, 5) is 81.0. The van der Waals surface area contributed by atoms with Crippen molar-refractivity contribution in [2.45, 2.75) is 89.1 Å². The van der Waals surface area contributed by atoms with E-state index in [9.17, 15) is 24.0 Å². The number of benzene rings is 2. The van der Waals surface area contributed by atoms with E-state index in [1.165, 1.54) is 16.2 Å². The zero-order valence-corrected chi connectivity index (χ0v) is 32.5. The third kappa shape index (κ3) is 8.15. The third-order valence-electron chi connectivity index (χ3n) is 10.7. The van der Waals surface area contributed by atoms with Gasteiger partial charge in [0.2, 0.25) is 17.7 Å². The van der Waals surface area contributed by atoms with Gasteiger partial charge in [0.1, 0.15) is 35.5 Å². The van der Waals surface area contributed by atoms with Crippen LogP contribution in [-0.4, -0.2) is 81.0 Å². The Morgan fingerprint density at radius 2 is 1.64 bits per heavy atom. The van der Waals surface area contributed by atoms with Crippen LogP contribution in [0.3, 0.4) is 0 Å². The van der Waals surface area contributed by atoms with E-state index in [0.29, 0.717) is 16.7 Å².